The molecule has 0 saturated heterocycles. The number of hydrogen-bond donors (Lipinski definition) is 1. The summed E-state index contributed by atoms with van der Waals surface area (Å²) >= 11 is 3.12. The summed E-state index contributed by atoms with van der Waals surface area (Å²) in [5, 5.41) is 0. The lowest BCUT2D eigenvalue weighted by molar-refractivity contribution is 0.627. The van der Waals surface area contributed by atoms with Crippen LogP contribution >= 0.6 is 15.9 Å². The summed E-state index contributed by atoms with van der Waals surface area (Å²) in [4.78, 5) is 0. The van der Waals surface area contributed by atoms with Crippen LogP contribution in [0.3, 0.4) is 0 Å². The molecule has 0 aliphatic carbocycles. The zero-order chi connectivity index (χ0) is 9.14. The Kier molecular flexibility index (Phi) is 3.22. The van der Waals surface area contributed by atoms with E-state index in [1.54, 1.807) is 6.07 Å². The molecule has 0 heterocycles. The number of nitrogens with one attached hydrogen (secondary N) is 1. The third-order valence-electron chi connectivity index (χ3n) is 1.12. The molecular weight excluding hydrogens is 245 g/mol. The summed E-state index contributed by atoms with van der Waals surface area (Å²) in [6.07, 6.45) is 1.48. The Balaban J connectivity index is 2.93. The van der Waals surface area contributed by atoms with Crippen molar-refractivity contribution in [1.29, 1.82) is 0 Å². The number of benzene rings is 1. The van der Waals surface area contributed by atoms with Crippen LogP contribution in [-0.2, 0) is 11.0 Å². The quantitative estimate of drug-likeness (QED) is 0.859. The highest BCUT2D eigenvalue weighted by molar-refractivity contribution is 9.10. The Morgan fingerprint density at radius 2 is 2.17 bits per heavy atom. The minimum absolute atomic E-state index is 0.364. The first-order valence-corrected chi connectivity index (χ1v) is 5.49. The standard InChI is InChI=1S/C7H7BrFNOS/c1-12(11)10-7-3-5(8)2-6(9)4-7/h2-4,10H,1H3. The van der Waals surface area contributed by atoms with Gasteiger partial charge < -0.3 is 4.72 Å². The third kappa shape index (κ3) is 2.91. The maximum Gasteiger partial charge on any atom is 0.126 e. The summed E-state index contributed by atoms with van der Waals surface area (Å²) < 4.78 is 26.6. The van der Waals surface area contributed by atoms with Crippen molar-refractivity contribution in [1.82, 2.24) is 0 Å². The van der Waals surface area contributed by atoms with Gasteiger partial charge in [-0.1, -0.05) is 15.9 Å². The fourth-order valence-corrected chi connectivity index (χ4v) is 1.69. The highest BCUT2D eigenvalue weighted by Crippen LogP contribution is 2.18. The molecule has 1 rings (SSSR count). The van der Waals surface area contributed by atoms with Crippen LogP contribution in [0.4, 0.5) is 10.1 Å². The number of anilines is 1. The van der Waals surface area contributed by atoms with Gasteiger partial charge in [0.15, 0.2) is 0 Å². The number of hydrogen-bond acceptors (Lipinski definition) is 1. The van der Waals surface area contributed by atoms with Crippen LogP contribution in [0.1, 0.15) is 0 Å². The minimum Gasteiger partial charge on any atom is -0.305 e. The molecule has 2 nitrogen and oxygen atoms in total. The van der Waals surface area contributed by atoms with E-state index in [0.717, 1.165) is 0 Å². The van der Waals surface area contributed by atoms with Crippen LogP contribution < -0.4 is 4.72 Å². The summed E-state index contributed by atoms with van der Waals surface area (Å²) in [6.45, 7) is 0. The Labute approximate surface area is 80.9 Å². The monoisotopic (exact) mass is 251 g/mol. The molecule has 1 aromatic carbocycles. The van der Waals surface area contributed by atoms with Crippen molar-refractivity contribution >= 4 is 32.6 Å². The van der Waals surface area contributed by atoms with Crippen molar-refractivity contribution in [3.05, 3.63) is 28.5 Å². The maximum atomic E-state index is 12.7. The molecule has 0 aliphatic heterocycles. The van der Waals surface area contributed by atoms with Gasteiger partial charge in [0.2, 0.25) is 0 Å². The highest BCUT2D eigenvalue weighted by atomic mass is 79.9. The van der Waals surface area contributed by atoms with Crippen LogP contribution in [0.5, 0.6) is 0 Å². The molecule has 0 aromatic heterocycles. The fraction of sp³-hybridized carbons (Fsp3) is 0.143. The first-order chi connectivity index (χ1) is 5.58. The van der Waals surface area contributed by atoms with E-state index < -0.39 is 11.0 Å². The molecule has 0 bridgehead atoms. The summed E-state index contributed by atoms with van der Waals surface area (Å²) in [6, 6.07) is 4.28. The molecule has 1 unspecified atom stereocenters. The SMILES string of the molecule is CS(=O)Nc1cc(F)cc(Br)c1. The highest BCUT2D eigenvalue weighted by Gasteiger charge is 1.98. The van der Waals surface area contributed by atoms with Gasteiger partial charge in [-0.3, -0.25) is 0 Å². The van der Waals surface area contributed by atoms with E-state index in [9.17, 15) is 8.60 Å². The molecule has 1 aromatic rings. The van der Waals surface area contributed by atoms with Gasteiger partial charge >= 0.3 is 0 Å². The van der Waals surface area contributed by atoms with E-state index in [1.807, 2.05) is 0 Å². The van der Waals surface area contributed by atoms with Crippen molar-refractivity contribution in [2.75, 3.05) is 11.0 Å². The van der Waals surface area contributed by atoms with Crippen LogP contribution in [0.15, 0.2) is 22.7 Å². The van der Waals surface area contributed by atoms with E-state index in [-0.39, 0.29) is 5.82 Å². The minimum atomic E-state index is -1.17. The van der Waals surface area contributed by atoms with Crippen molar-refractivity contribution < 1.29 is 8.60 Å². The first kappa shape index (κ1) is 9.67. The van der Waals surface area contributed by atoms with Gasteiger partial charge in [0, 0.05) is 10.7 Å². The Morgan fingerprint density at radius 3 is 2.67 bits per heavy atom. The first-order valence-electron chi connectivity index (χ1n) is 3.14. The average molecular weight is 252 g/mol. The molecule has 66 valence electrons. The normalized spacial score (nSPS) is 12.6. The Bertz CT molecular complexity index is 298. The van der Waals surface area contributed by atoms with E-state index in [4.69, 9.17) is 0 Å². The second kappa shape index (κ2) is 4.00. The Morgan fingerprint density at radius 1 is 1.50 bits per heavy atom. The van der Waals surface area contributed by atoms with Crippen molar-refractivity contribution in [2.45, 2.75) is 0 Å². The van der Waals surface area contributed by atoms with Gasteiger partial charge in [-0.25, -0.2) is 8.60 Å². The lowest BCUT2D eigenvalue weighted by Gasteiger charge is -2.02. The van der Waals surface area contributed by atoms with Crippen LogP contribution in [-0.4, -0.2) is 10.5 Å². The van der Waals surface area contributed by atoms with Gasteiger partial charge in [0.25, 0.3) is 0 Å². The topological polar surface area (TPSA) is 29.1 Å². The molecule has 0 radical (unpaired) electrons. The second-order valence-corrected chi connectivity index (χ2v) is 4.24. The Hall–Kier alpha value is -0.420. The van der Waals surface area contributed by atoms with Gasteiger partial charge in [0.05, 0.1) is 5.69 Å². The smallest absolute Gasteiger partial charge is 0.126 e. The number of rotatable bonds is 2. The molecule has 12 heavy (non-hydrogen) atoms. The molecule has 1 atom stereocenters. The summed E-state index contributed by atoms with van der Waals surface area (Å²) in [5.74, 6) is -0.364. The lowest BCUT2D eigenvalue weighted by Crippen LogP contribution is -2.01. The molecule has 0 amide bonds. The van der Waals surface area contributed by atoms with E-state index in [1.165, 1.54) is 18.4 Å². The largest absolute Gasteiger partial charge is 0.305 e. The predicted molar refractivity (Wildman–Crippen MR) is 51.8 cm³/mol. The molecule has 1 N–H and O–H groups in total. The fourth-order valence-electron chi connectivity index (χ4n) is 0.779. The van der Waals surface area contributed by atoms with Gasteiger partial charge in [-0.2, -0.15) is 0 Å². The van der Waals surface area contributed by atoms with E-state index >= 15 is 0 Å². The zero-order valence-electron chi connectivity index (χ0n) is 6.30. The molecular formula is C7H7BrFNOS. The predicted octanol–water partition coefficient (Wildman–Crippen LogP) is 2.29. The molecule has 0 saturated carbocycles. The molecule has 0 spiro atoms. The van der Waals surface area contributed by atoms with Crippen LogP contribution in [0.25, 0.3) is 0 Å². The van der Waals surface area contributed by atoms with Crippen LogP contribution in [0.2, 0.25) is 0 Å². The molecule has 0 fully saturated rings. The van der Waals surface area contributed by atoms with Gasteiger partial charge in [-0.15, -0.1) is 0 Å². The molecule has 0 aliphatic rings. The number of halogens is 2. The summed E-state index contributed by atoms with van der Waals surface area (Å²) in [5.41, 5.74) is 0.503. The maximum absolute atomic E-state index is 12.7. The summed E-state index contributed by atoms with van der Waals surface area (Å²) in [7, 11) is -1.17. The van der Waals surface area contributed by atoms with E-state index in [0.29, 0.717) is 10.2 Å². The third-order valence-corrected chi connectivity index (χ3v) is 2.11. The van der Waals surface area contributed by atoms with E-state index in [2.05, 4.69) is 20.7 Å². The molecule has 5 heteroatoms. The van der Waals surface area contributed by atoms with Gasteiger partial charge in [-0.05, 0) is 18.2 Å². The van der Waals surface area contributed by atoms with Crippen molar-refractivity contribution in [2.24, 2.45) is 0 Å². The van der Waals surface area contributed by atoms with Gasteiger partial charge in [0.1, 0.15) is 16.8 Å². The van der Waals surface area contributed by atoms with Crippen molar-refractivity contribution in [3.8, 4) is 0 Å². The second-order valence-electron chi connectivity index (χ2n) is 2.21. The van der Waals surface area contributed by atoms with Crippen LogP contribution in [0, 0.1) is 5.82 Å². The zero-order valence-corrected chi connectivity index (χ0v) is 8.71. The van der Waals surface area contributed by atoms with Crippen molar-refractivity contribution in [3.63, 3.8) is 0 Å². The average Bonchev–Trinajstić information content (AvgIpc) is 1.81. The lowest BCUT2D eigenvalue weighted by atomic mass is 10.3.